The number of amides is 1. The van der Waals surface area contributed by atoms with E-state index in [0.717, 1.165) is 30.1 Å². The molecule has 0 saturated heterocycles. The van der Waals surface area contributed by atoms with Gasteiger partial charge in [0.1, 0.15) is 17.2 Å². The number of rotatable bonds is 8. The van der Waals surface area contributed by atoms with Crippen LogP contribution in [-0.4, -0.2) is 12.5 Å². The second kappa shape index (κ2) is 9.60. The first-order valence-corrected chi connectivity index (χ1v) is 9.53. The number of carbonyl (C=O) groups excluding carboxylic acids is 1. The first kappa shape index (κ1) is 19.5. The van der Waals surface area contributed by atoms with Gasteiger partial charge in [-0.1, -0.05) is 31.0 Å². The molecule has 0 atom stereocenters. The zero-order chi connectivity index (χ0) is 19.8. The molecular formula is C24H25NO3. The SMILES string of the molecule is CCCCOc1ccc(C(=O)Nc2ccc(Oc3ccc(C)cc3)cc2)cc1. The molecule has 0 heterocycles. The van der Waals surface area contributed by atoms with Crippen molar-refractivity contribution < 1.29 is 14.3 Å². The van der Waals surface area contributed by atoms with E-state index in [-0.39, 0.29) is 5.91 Å². The van der Waals surface area contributed by atoms with E-state index in [9.17, 15) is 4.79 Å². The number of hydrogen-bond donors (Lipinski definition) is 1. The number of benzene rings is 3. The summed E-state index contributed by atoms with van der Waals surface area (Å²) in [6.45, 7) is 4.85. The minimum atomic E-state index is -0.160. The third-order valence-electron chi connectivity index (χ3n) is 4.25. The van der Waals surface area contributed by atoms with Gasteiger partial charge in [-0.2, -0.15) is 0 Å². The number of aryl methyl sites for hydroxylation is 1. The Labute approximate surface area is 166 Å². The maximum atomic E-state index is 12.4. The lowest BCUT2D eigenvalue weighted by molar-refractivity contribution is 0.102. The third-order valence-corrected chi connectivity index (χ3v) is 4.25. The Morgan fingerprint density at radius 3 is 2.00 bits per heavy atom. The van der Waals surface area contributed by atoms with Gasteiger partial charge in [-0.05, 0) is 74.0 Å². The average Bonchev–Trinajstić information content (AvgIpc) is 2.72. The van der Waals surface area contributed by atoms with Crippen molar-refractivity contribution in [2.75, 3.05) is 11.9 Å². The molecule has 3 aromatic carbocycles. The summed E-state index contributed by atoms with van der Waals surface area (Å²) < 4.78 is 11.4. The van der Waals surface area contributed by atoms with E-state index >= 15 is 0 Å². The first-order chi connectivity index (χ1) is 13.6. The molecule has 0 aliphatic heterocycles. The van der Waals surface area contributed by atoms with E-state index in [0.29, 0.717) is 17.9 Å². The Kier molecular flexibility index (Phi) is 6.68. The summed E-state index contributed by atoms with van der Waals surface area (Å²) in [7, 11) is 0. The summed E-state index contributed by atoms with van der Waals surface area (Å²) in [5.74, 6) is 2.12. The lowest BCUT2D eigenvalue weighted by Gasteiger charge is -2.09. The molecule has 0 unspecified atom stereocenters. The van der Waals surface area contributed by atoms with Crippen LogP contribution in [0.25, 0.3) is 0 Å². The average molecular weight is 375 g/mol. The number of carbonyl (C=O) groups is 1. The topological polar surface area (TPSA) is 47.6 Å². The first-order valence-electron chi connectivity index (χ1n) is 9.53. The summed E-state index contributed by atoms with van der Waals surface area (Å²) in [6.07, 6.45) is 2.11. The maximum Gasteiger partial charge on any atom is 0.255 e. The zero-order valence-electron chi connectivity index (χ0n) is 16.3. The highest BCUT2D eigenvalue weighted by Crippen LogP contribution is 2.23. The van der Waals surface area contributed by atoms with Gasteiger partial charge in [0.05, 0.1) is 6.61 Å². The van der Waals surface area contributed by atoms with E-state index in [1.807, 2.05) is 67.6 Å². The number of ether oxygens (including phenoxy) is 2. The summed E-state index contributed by atoms with van der Waals surface area (Å²) in [5.41, 5.74) is 2.48. The van der Waals surface area contributed by atoms with Crippen molar-refractivity contribution in [1.82, 2.24) is 0 Å². The van der Waals surface area contributed by atoms with Crippen LogP contribution < -0.4 is 14.8 Å². The molecule has 144 valence electrons. The lowest BCUT2D eigenvalue weighted by atomic mass is 10.2. The maximum absolute atomic E-state index is 12.4. The highest BCUT2D eigenvalue weighted by atomic mass is 16.5. The Hall–Kier alpha value is -3.27. The molecule has 4 nitrogen and oxygen atoms in total. The molecule has 0 spiro atoms. The van der Waals surface area contributed by atoms with Crippen LogP contribution in [0.5, 0.6) is 17.2 Å². The fourth-order valence-corrected chi connectivity index (χ4v) is 2.59. The smallest absolute Gasteiger partial charge is 0.255 e. The van der Waals surface area contributed by atoms with Crippen molar-refractivity contribution in [3.8, 4) is 17.2 Å². The summed E-state index contributed by atoms with van der Waals surface area (Å²) >= 11 is 0. The quantitative estimate of drug-likeness (QED) is 0.476. The minimum Gasteiger partial charge on any atom is -0.494 e. The molecule has 0 saturated carbocycles. The fraction of sp³-hybridized carbons (Fsp3) is 0.208. The van der Waals surface area contributed by atoms with Crippen LogP contribution in [0.1, 0.15) is 35.7 Å². The second-order valence-electron chi connectivity index (χ2n) is 6.62. The van der Waals surface area contributed by atoms with Crippen LogP contribution in [0.2, 0.25) is 0 Å². The van der Waals surface area contributed by atoms with E-state index < -0.39 is 0 Å². The second-order valence-corrected chi connectivity index (χ2v) is 6.62. The van der Waals surface area contributed by atoms with Gasteiger partial charge in [0, 0.05) is 11.3 Å². The largest absolute Gasteiger partial charge is 0.494 e. The molecule has 0 aliphatic carbocycles. The van der Waals surface area contributed by atoms with Crippen LogP contribution in [0.15, 0.2) is 72.8 Å². The predicted molar refractivity (Wildman–Crippen MR) is 112 cm³/mol. The highest BCUT2D eigenvalue weighted by molar-refractivity contribution is 6.04. The van der Waals surface area contributed by atoms with Gasteiger partial charge >= 0.3 is 0 Å². The number of unbranched alkanes of at least 4 members (excludes halogenated alkanes) is 1. The third kappa shape index (κ3) is 5.61. The Balaban J connectivity index is 1.55. The molecule has 1 amide bonds. The van der Waals surface area contributed by atoms with Crippen LogP contribution in [0.4, 0.5) is 5.69 Å². The van der Waals surface area contributed by atoms with Crippen molar-refractivity contribution >= 4 is 11.6 Å². The van der Waals surface area contributed by atoms with Gasteiger partial charge in [0.15, 0.2) is 0 Å². The van der Waals surface area contributed by atoms with Gasteiger partial charge in [-0.15, -0.1) is 0 Å². The molecule has 0 aliphatic rings. The van der Waals surface area contributed by atoms with Gasteiger partial charge in [-0.3, -0.25) is 4.79 Å². The molecule has 28 heavy (non-hydrogen) atoms. The minimum absolute atomic E-state index is 0.160. The van der Waals surface area contributed by atoms with Crippen LogP contribution in [0.3, 0.4) is 0 Å². The molecule has 1 N–H and O–H groups in total. The van der Waals surface area contributed by atoms with Crippen LogP contribution >= 0.6 is 0 Å². The van der Waals surface area contributed by atoms with Crippen LogP contribution in [-0.2, 0) is 0 Å². The molecule has 0 fully saturated rings. The Bertz CT molecular complexity index is 885. The molecule has 0 aromatic heterocycles. The molecule has 4 heteroatoms. The molecule has 3 aromatic rings. The number of anilines is 1. The molecular weight excluding hydrogens is 350 g/mol. The molecule has 0 bridgehead atoms. The van der Waals surface area contributed by atoms with E-state index in [2.05, 4.69) is 12.2 Å². The van der Waals surface area contributed by atoms with E-state index in [1.54, 1.807) is 12.1 Å². The standard InChI is InChI=1S/C24H25NO3/c1-3-4-17-27-21-13-7-19(8-14-21)24(26)25-20-9-15-23(16-10-20)28-22-11-5-18(2)6-12-22/h5-16H,3-4,17H2,1-2H3,(H,25,26). The van der Waals surface area contributed by atoms with Gasteiger partial charge < -0.3 is 14.8 Å². The Morgan fingerprint density at radius 1 is 0.821 bits per heavy atom. The van der Waals surface area contributed by atoms with Crippen molar-refractivity contribution in [2.45, 2.75) is 26.7 Å². The van der Waals surface area contributed by atoms with E-state index in [1.165, 1.54) is 5.56 Å². The summed E-state index contributed by atoms with van der Waals surface area (Å²) in [5, 5.41) is 2.89. The van der Waals surface area contributed by atoms with Crippen LogP contribution in [0, 0.1) is 6.92 Å². The molecule has 0 radical (unpaired) electrons. The number of nitrogens with one attached hydrogen (secondary N) is 1. The fourth-order valence-electron chi connectivity index (χ4n) is 2.59. The number of hydrogen-bond acceptors (Lipinski definition) is 3. The van der Waals surface area contributed by atoms with Gasteiger partial charge in [0.25, 0.3) is 5.91 Å². The molecule has 3 rings (SSSR count). The van der Waals surface area contributed by atoms with Crippen molar-refractivity contribution in [1.29, 1.82) is 0 Å². The lowest BCUT2D eigenvalue weighted by Crippen LogP contribution is -2.11. The van der Waals surface area contributed by atoms with Crippen molar-refractivity contribution in [2.24, 2.45) is 0 Å². The monoisotopic (exact) mass is 375 g/mol. The normalized spacial score (nSPS) is 10.4. The summed E-state index contributed by atoms with van der Waals surface area (Å²) in [4.78, 5) is 12.4. The Morgan fingerprint density at radius 2 is 1.39 bits per heavy atom. The van der Waals surface area contributed by atoms with Crippen molar-refractivity contribution in [3.05, 3.63) is 83.9 Å². The van der Waals surface area contributed by atoms with E-state index in [4.69, 9.17) is 9.47 Å². The summed E-state index contributed by atoms with van der Waals surface area (Å²) in [6, 6.07) is 22.4. The van der Waals surface area contributed by atoms with Gasteiger partial charge in [0.2, 0.25) is 0 Å². The van der Waals surface area contributed by atoms with Gasteiger partial charge in [-0.25, -0.2) is 0 Å². The zero-order valence-corrected chi connectivity index (χ0v) is 16.3. The predicted octanol–water partition coefficient (Wildman–Crippen LogP) is 6.22. The van der Waals surface area contributed by atoms with Crippen molar-refractivity contribution in [3.63, 3.8) is 0 Å². The highest BCUT2D eigenvalue weighted by Gasteiger charge is 2.07.